The lowest BCUT2D eigenvalue weighted by atomic mass is 9.92. The number of benzene rings is 1. The van der Waals surface area contributed by atoms with E-state index >= 15 is 0 Å². The Morgan fingerprint density at radius 2 is 1.40 bits per heavy atom. The standard InChI is InChI=1S/C25H43/c1-5-8-9-10-11-12-13-16-22(4)17-18-23-19-20-24(14-6-2)25(21-23)15-7-3/h17,19-22H,5-16,18H2,1-4H3. The quantitative estimate of drug-likeness (QED) is 0.282. The van der Waals surface area contributed by atoms with Gasteiger partial charge in [0.2, 0.25) is 0 Å². The molecule has 1 atom stereocenters. The molecule has 0 amide bonds. The summed E-state index contributed by atoms with van der Waals surface area (Å²) in [5.41, 5.74) is 4.67. The van der Waals surface area contributed by atoms with Crippen molar-refractivity contribution in [1.29, 1.82) is 0 Å². The van der Waals surface area contributed by atoms with Gasteiger partial charge in [-0.25, -0.2) is 0 Å². The summed E-state index contributed by atoms with van der Waals surface area (Å²) in [5, 5.41) is 0. The zero-order valence-corrected chi connectivity index (χ0v) is 17.6. The lowest BCUT2D eigenvalue weighted by molar-refractivity contribution is 0.516. The van der Waals surface area contributed by atoms with E-state index in [1.54, 1.807) is 11.1 Å². The highest BCUT2D eigenvalue weighted by atomic mass is 14.1. The molecule has 0 heterocycles. The van der Waals surface area contributed by atoms with Crippen LogP contribution in [0.25, 0.3) is 0 Å². The Hall–Kier alpha value is -0.780. The number of hydrogen-bond donors (Lipinski definition) is 0. The summed E-state index contributed by atoms with van der Waals surface area (Å²) in [5.74, 6) is 0.751. The minimum atomic E-state index is 0.751. The van der Waals surface area contributed by atoms with E-state index in [-0.39, 0.29) is 0 Å². The number of unbranched alkanes of at least 4 members (excludes halogenated alkanes) is 6. The Labute approximate surface area is 158 Å². The van der Waals surface area contributed by atoms with Crippen molar-refractivity contribution >= 4 is 0 Å². The molecule has 0 bridgehead atoms. The van der Waals surface area contributed by atoms with Crippen molar-refractivity contribution in [3.63, 3.8) is 0 Å². The summed E-state index contributed by atoms with van der Waals surface area (Å²) in [6.07, 6.45) is 19.9. The van der Waals surface area contributed by atoms with Crippen molar-refractivity contribution in [3.8, 4) is 0 Å². The van der Waals surface area contributed by atoms with E-state index in [4.69, 9.17) is 0 Å². The molecule has 0 heteroatoms. The molecule has 1 aromatic rings. The second-order valence-electron chi connectivity index (χ2n) is 7.93. The molecule has 0 aromatic heterocycles. The van der Waals surface area contributed by atoms with Gasteiger partial charge in [0.15, 0.2) is 0 Å². The maximum atomic E-state index is 2.54. The van der Waals surface area contributed by atoms with Crippen LogP contribution in [-0.2, 0) is 19.3 Å². The third-order valence-electron chi connectivity index (χ3n) is 5.33. The first-order valence-corrected chi connectivity index (χ1v) is 11.1. The third-order valence-corrected chi connectivity index (χ3v) is 5.33. The fourth-order valence-electron chi connectivity index (χ4n) is 3.70. The monoisotopic (exact) mass is 343 g/mol. The SMILES string of the molecule is CCCCCCCCCC(C)[CH]Cc1ccc(CCC)c(CCC)c1. The Balaban J connectivity index is 2.28. The zero-order valence-electron chi connectivity index (χ0n) is 17.6. The molecule has 0 aliphatic carbocycles. The van der Waals surface area contributed by atoms with Gasteiger partial charge in [-0.15, -0.1) is 0 Å². The molecule has 1 radical (unpaired) electrons. The molecule has 143 valence electrons. The van der Waals surface area contributed by atoms with Crippen molar-refractivity contribution < 1.29 is 0 Å². The maximum absolute atomic E-state index is 2.54. The van der Waals surface area contributed by atoms with E-state index in [9.17, 15) is 0 Å². The lowest BCUT2D eigenvalue weighted by Gasteiger charge is -2.13. The highest BCUT2D eigenvalue weighted by molar-refractivity contribution is 5.33. The second kappa shape index (κ2) is 14.4. The minimum absolute atomic E-state index is 0.751. The molecule has 0 aliphatic heterocycles. The van der Waals surface area contributed by atoms with Crippen molar-refractivity contribution in [3.05, 3.63) is 41.3 Å². The fraction of sp³-hybridized carbons (Fsp3) is 0.720. The molecule has 0 saturated carbocycles. The summed E-state index contributed by atoms with van der Waals surface area (Å²) in [4.78, 5) is 0. The maximum Gasteiger partial charge on any atom is -0.0245 e. The fourth-order valence-corrected chi connectivity index (χ4v) is 3.70. The van der Waals surface area contributed by atoms with Crippen LogP contribution in [-0.4, -0.2) is 0 Å². The topological polar surface area (TPSA) is 0 Å². The van der Waals surface area contributed by atoms with Crippen LogP contribution in [0.15, 0.2) is 18.2 Å². The van der Waals surface area contributed by atoms with Gasteiger partial charge in [0.25, 0.3) is 0 Å². The Morgan fingerprint density at radius 3 is 2.08 bits per heavy atom. The van der Waals surface area contributed by atoms with Crippen LogP contribution in [0, 0.1) is 12.3 Å². The molecule has 0 saturated heterocycles. The Bertz CT molecular complexity index is 432. The minimum Gasteiger partial charge on any atom is -0.0654 e. The smallest absolute Gasteiger partial charge is 0.0245 e. The lowest BCUT2D eigenvalue weighted by Crippen LogP contribution is -2.01. The van der Waals surface area contributed by atoms with E-state index in [0.29, 0.717) is 0 Å². The van der Waals surface area contributed by atoms with Gasteiger partial charge in [0, 0.05) is 0 Å². The van der Waals surface area contributed by atoms with Crippen LogP contribution >= 0.6 is 0 Å². The van der Waals surface area contributed by atoms with Gasteiger partial charge in [-0.1, -0.05) is 110 Å². The first kappa shape index (κ1) is 22.3. The molecule has 0 fully saturated rings. The van der Waals surface area contributed by atoms with Crippen molar-refractivity contribution in [2.75, 3.05) is 0 Å². The van der Waals surface area contributed by atoms with Gasteiger partial charge >= 0.3 is 0 Å². The number of hydrogen-bond acceptors (Lipinski definition) is 0. The predicted octanol–water partition coefficient (Wildman–Crippen LogP) is 8.12. The molecule has 25 heavy (non-hydrogen) atoms. The summed E-state index contributed by atoms with van der Waals surface area (Å²) < 4.78 is 0. The largest absolute Gasteiger partial charge is 0.0654 e. The highest BCUT2D eigenvalue weighted by Crippen LogP contribution is 2.20. The summed E-state index contributed by atoms with van der Waals surface area (Å²) in [6.45, 7) is 9.26. The van der Waals surface area contributed by atoms with Crippen LogP contribution in [0.1, 0.15) is 109 Å². The van der Waals surface area contributed by atoms with E-state index in [1.165, 1.54) is 82.6 Å². The summed E-state index contributed by atoms with van der Waals surface area (Å²) in [6, 6.07) is 7.23. The summed E-state index contributed by atoms with van der Waals surface area (Å²) in [7, 11) is 0. The molecule has 0 nitrogen and oxygen atoms in total. The van der Waals surface area contributed by atoms with Crippen molar-refractivity contribution in [1.82, 2.24) is 0 Å². The number of aryl methyl sites for hydroxylation is 2. The van der Waals surface area contributed by atoms with Crippen LogP contribution in [0.3, 0.4) is 0 Å². The van der Waals surface area contributed by atoms with Gasteiger partial charge in [-0.05, 0) is 48.3 Å². The first-order chi connectivity index (χ1) is 12.2. The van der Waals surface area contributed by atoms with Crippen LogP contribution in [0.5, 0.6) is 0 Å². The predicted molar refractivity (Wildman–Crippen MR) is 114 cm³/mol. The summed E-state index contributed by atoms with van der Waals surface area (Å²) >= 11 is 0. The van der Waals surface area contributed by atoms with Crippen LogP contribution < -0.4 is 0 Å². The number of rotatable bonds is 15. The molecular formula is C25H43. The van der Waals surface area contributed by atoms with Crippen LogP contribution in [0.2, 0.25) is 0 Å². The van der Waals surface area contributed by atoms with Gasteiger partial charge in [-0.2, -0.15) is 0 Å². The van der Waals surface area contributed by atoms with Gasteiger partial charge in [-0.3, -0.25) is 0 Å². The van der Waals surface area contributed by atoms with E-state index in [1.807, 2.05) is 0 Å². The second-order valence-corrected chi connectivity index (χ2v) is 7.93. The normalized spacial score (nSPS) is 12.5. The molecular weight excluding hydrogens is 300 g/mol. The molecule has 1 unspecified atom stereocenters. The highest BCUT2D eigenvalue weighted by Gasteiger charge is 2.06. The van der Waals surface area contributed by atoms with Gasteiger partial charge < -0.3 is 0 Å². The molecule has 0 spiro atoms. The molecule has 1 rings (SSSR count). The third kappa shape index (κ3) is 10.1. The van der Waals surface area contributed by atoms with Crippen LogP contribution in [0.4, 0.5) is 0 Å². The van der Waals surface area contributed by atoms with E-state index < -0.39 is 0 Å². The van der Waals surface area contributed by atoms with Crippen molar-refractivity contribution in [2.45, 2.75) is 111 Å². The van der Waals surface area contributed by atoms with Gasteiger partial charge in [0.1, 0.15) is 0 Å². The molecule has 1 aromatic carbocycles. The van der Waals surface area contributed by atoms with Gasteiger partial charge in [0.05, 0.1) is 0 Å². The van der Waals surface area contributed by atoms with Crippen molar-refractivity contribution in [2.24, 2.45) is 5.92 Å². The Kier molecular flexibility index (Phi) is 12.8. The first-order valence-electron chi connectivity index (χ1n) is 11.1. The average molecular weight is 344 g/mol. The molecule has 0 N–H and O–H groups in total. The van der Waals surface area contributed by atoms with E-state index in [2.05, 4.69) is 52.3 Å². The average Bonchev–Trinajstić information content (AvgIpc) is 2.61. The van der Waals surface area contributed by atoms with E-state index in [0.717, 1.165) is 12.3 Å². The Morgan fingerprint density at radius 1 is 0.760 bits per heavy atom. The molecule has 0 aliphatic rings. The zero-order chi connectivity index (χ0) is 18.3.